The Bertz CT molecular complexity index is 628. The first-order chi connectivity index (χ1) is 8.97. The minimum Gasteiger partial charge on any atom is -0.298 e. The van der Waals surface area contributed by atoms with Gasteiger partial charge >= 0.3 is 0 Å². The molecule has 0 amide bonds. The molecule has 0 aliphatic heterocycles. The van der Waals surface area contributed by atoms with E-state index in [1.54, 1.807) is 6.20 Å². The molecule has 2 heteroatoms. The zero-order valence-electron chi connectivity index (χ0n) is 12.2. The number of aldehydes is 1. The van der Waals surface area contributed by atoms with Gasteiger partial charge in [0.1, 0.15) is 0 Å². The smallest absolute Gasteiger partial charge is 0.151 e. The first-order valence-electron chi connectivity index (χ1n) is 6.45. The topological polar surface area (TPSA) is 30.0 Å². The van der Waals surface area contributed by atoms with E-state index in [-0.39, 0.29) is 0 Å². The van der Waals surface area contributed by atoms with Gasteiger partial charge in [-0.1, -0.05) is 0 Å². The SMILES string of the molecule is Cc1c(C)c(C)c(-c2cncc(C=O)c2)c(C)c1C. The van der Waals surface area contributed by atoms with E-state index in [1.165, 1.54) is 33.4 Å². The van der Waals surface area contributed by atoms with Gasteiger partial charge in [0.25, 0.3) is 0 Å². The molecule has 19 heavy (non-hydrogen) atoms. The third-order valence-corrected chi connectivity index (χ3v) is 4.18. The molecule has 1 heterocycles. The summed E-state index contributed by atoms with van der Waals surface area (Å²) in [6.07, 6.45) is 4.26. The summed E-state index contributed by atoms with van der Waals surface area (Å²) in [5, 5.41) is 0. The Hall–Kier alpha value is -1.96. The molecule has 0 N–H and O–H groups in total. The standard InChI is InChI=1S/C17H19NO/c1-10-11(2)13(4)17(14(5)12(10)3)16-6-15(9-19)7-18-8-16/h6-9H,1-5H3. The molecule has 0 unspecified atom stereocenters. The predicted molar refractivity (Wildman–Crippen MR) is 78.7 cm³/mol. The Labute approximate surface area is 114 Å². The molecule has 1 aromatic heterocycles. The lowest BCUT2D eigenvalue weighted by Crippen LogP contribution is -2.00. The number of pyridine rings is 1. The molecule has 0 spiro atoms. The summed E-state index contributed by atoms with van der Waals surface area (Å²) in [6.45, 7) is 10.7. The molecule has 2 nitrogen and oxygen atoms in total. The van der Waals surface area contributed by atoms with E-state index in [2.05, 4.69) is 39.6 Å². The Morgan fingerprint density at radius 1 is 0.842 bits per heavy atom. The van der Waals surface area contributed by atoms with Crippen LogP contribution in [0.3, 0.4) is 0 Å². The Morgan fingerprint density at radius 3 is 1.89 bits per heavy atom. The molecular formula is C17H19NO. The largest absolute Gasteiger partial charge is 0.298 e. The van der Waals surface area contributed by atoms with Crippen molar-refractivity contribution in [2.45, 2.75) is 34.6 Å². The fourth-order valence-electron chi connectivity index (χ4n) is 2.59. The van der Waals surface area contributed by atoms with Crippen LogP contribution in [0.4, 0.5) is 0 Å². The highest BCUT2D eigenvalue weighted by Gasteiger charge is 2.14. The summed E-state index contributed by atoms with van der Waals surface area (Å²) in [7, 11) is 0. The number of aromatic nitrogens is 1. The lowest BCUT2D eigenvalue weighted by atomic mass is 9.86. The molecule has 0 aliphatic rings. The second-order valence-corrected chi connectivity index (χ2v) is 5.12. The van der Waals surface area contributed by atoms with Crippen molar-refractivity contribution in [2.75, 3.05) is 0 Å². The van der Waals surface area contributed by atoms with Crippen LogP contribution in [0.15, 0.2) is 18.5 Å². The van der Waals surface area contributed by atoms with Gasteiger partial charge in [-0.25, -0.2) is 0 Å². The maximum atomic E-state index is 10.9. The first-order valence-corrected chi connectivity index (χ1v) is 6.45. The summed E-state index contributed by atoms with van der Waals surface area (Å²) in [6, 6.07) is 1.91. The van der Waals surface area contributed by atoms with Crippen LogP contribution in [0.1, 0.15) is 38.2 Å². The van der Waals surface area contributed by atoms with Gasteiger partial charge in [0.2, 0.25) is 0 Å². The fourth-order valence-corrected chi connectivity index (χ4v) is 2.59. The third kappa shape index (κ3) is 2.19. The molecule has 0 fully saturated rings. The number of hydrogen-bond acceptors (Lipinski definition) is 2. The van der Waals surface area contributed by atoms with Crippen molar-refractivity contribution < 1.29 is 4.79 Å². The van der Waals surface area contributed by atoms with Crippen LogP contribution >= 0.6 is 0 Å². The van der Waals surface area contributed by atoms with Crippen molar-refractivity contribution in [3.63, 3.8) is 0 Å². The van der Waals surface area contributed by atoms with E-state index in [9.17, 15) is 4.79 Å². The second kappa shape index (κ2) is 4.96. The van der Waals surface area contributed by atoms with E-state index in [0.717, 1.165) is 11.8 Å². The van der Waals surface area contributed by atoms with Crippen LogP contribution in [0.2, 0.25) is 0 Å². The van der Waals surface area contributed by atoms with Crippen LogP contribution < -0.4 is 0 Å². The zero-order chi connectivity index (χ0) is 14.2. The highest BCUT2D eigenvalue weighted by molar-refractivity contribution is 5.80. The monoisotopic (exact) mass is 253 g/mol. The quantitative estimate of drug-likeness (QED) is 0.754. The van der Waals surface area contributed by atoms with E-state index < -0.39 is 0 Å². The van der Waals surface area contributed by atoms with Crippen LogP contribution in [-0.4, -0.2) is 11.3 Å². The minimum atomic E-state index is 0.618. The first kappa shape index (κ1) is 13.5. The highest BCUT2D eigenvalue weighted by Crippen LogP contribution is 2.33. The number of benzene rings is 1. The van der Waals surface area contributed by atoms with Gasteiger partial charge in [-0.15, -0.1) is 0 Å². The second-order valence-electron chi connectivity index (χ2n) is 5.12. The normalized spacial score (nSPS) is 10.6. The Kier molecular flexibility index (Phi) is 3.52. The van der Waals surface area contributed by atoms with Gasteiger partial charge in [-0.2, -0.15) is 0 Å². The van der Waals surface area contributed by atoms with Gasteiger partial charge in [-0.05, 0) is 74.1 Å². The van der Waals surface area contributed by atoms with E-state index in [0.29, 0.717) is 5.56 Å². The van der Waals surface area contributed by atoms with E-state index in [1.807, 2.05) is 12.3 Å². The van der Waals surface area contributed by atoms with Crippen molar-refractivity contribution >= 4 is 6.29 Å². The molecule has 0 saturated heterocycles. The van der Waals surface area contributed by atoms with Crippen LogP contribution in [-0.2, 0) is 0 Å². The summed E-state index contributed by atoms with van der Waals surface area (Å²) in [4.78, 5) is 15.1. The molecule has 0 radical (unpaired) electrons. The minimum absolute atomic E-state index is 0.618. The van der Waals surface area contributed by atoms with Crippen molar-refractivity contribution in [1.82, 2.24) is 4.98 Å². The van der Waals surface area contributed by atoms with E-state index >= 15 is 0 Å². The highest BCUT2D eigenvalue weighted by atomic mass is 16.1. The number of nitrogens with zero attached hydrogens (tertiary/aromatic N) is 1. The zero-order valence-corrected chi connectivity index (χ0v) is 12.2. The maximum Gasteiger partial charge on any atom is 0.151 e. The molecule has 0 aliphatic carbocycles. The molecular weight excluding hydrogens is 234 g/mol. The van der Waals surface area contributed by atoms with E-state index in [4.69, 9.17) is 0 Å². The Balaban J connectivity index is 2.78. The van der Waals surface area contributed by atoms with Crippen molar-refractivity contribution in [3.8, 4) is 11.1 Å². The third-order valence-electron chi connectivity index (χ3n) is 4.18. The summed E-state index contributed by atoms with van der Waals surface area (Å²) < 4.78 is 0. The molecule has 1 aromatic carbocycles. The maximum absolute atomic E-state index is 10.9. The fraction of sp³-hybridized carbons (Fsp3) is 0.294. The Morgan fingerprint density at radius 2 is 1.37 bits per heavy atom. The molecule has 0 bridgehead atoms. The molecule has 2 aromatic rings. The van der Waals surface area contributed by atoms with Crippen LogP contribution in [0.5, 0.6) is 0 Å². The summed E-state index contributed by atoms with van der Waals surface area (Å²) >= 11 is 0. The molecule has 2 rings (SSSR count). The van der Waals surface area contributed by atoms with Gasteiger partial charge in [0.05, 0.1) is 0 Å². The number of carbonyl (C=O) groups excluding carboxylic acids is 1. The number of carbonyl (C=O) groups is 1. The number of hydrogen-bond donors (Lipinski definition) is 0. The van der Waals surface area contributed by atoms with Crippen molar-refractivity contribution in [2.24, 2.45) is 0 Å². The lowest BCUT2D eigenvalue weighted by molar-refractivity contribution is 0.112. The summed E-state index contributed by atoms with van der Waals surface area (Å²) in [5.41, 5.74) is 9.35. The predicted octanol–water partition coefficient (Wildman–Crippen LogP) is 4.10. The van der Waals surface area contributed by atoms with Crippen molar-refractivity contribution in [3.05, 3.63) is 51.8 Å². The molecule has 98 valence electrons. The lowest BCUT2D eigenvalue weighted by Gasteiger charge is -2.18. The molecule has 0 saturated carbocycles. The van der Waals surface area contributed by atoms with Gasteiger partial charge in [0.15, 0.2) is 6.29 Å². The average molecular weight is 253 g/mol. The molecule has 0 atom stereocenters. The van der Waals surface area contributed by atoms with Crippen LogP contribution in [0.25, 0.3) is 11.1 Å². The summed E-state index contributed by atoms with van der Waals surface area (Å²) in [5.74, 6) is 0. The van der Waals surface area contributed by atoms with Gasteiger partial charge < -0.3 is 0 Å². The van der Waals surface area contributed by atoms with Gasteiger partial charge in [-0.3, -0.25) is 9.78 Å². The average Bonchev–Trinajstić information content (AvgIpc) is 2.43. The number of rotatable bonds is 2. The van der Waals surface area contributed by atoms with Gasteiger partial charge in [0, 0.05) is 23.5 Å². The van der Waals surface area contributed by atoms with Crippen LogP contribution in [0, 0.1) is 34.6 Å². The van der Waals surface area contributed by atoms with Crippen molar-refractivity contribution in [1.29, 1.82) is 0 Å².